The largest absolute Gasteiger partial charge is 0.343 e. The minimum absolute atomic E-state index is 0.00836. The first-order valence-corrected chi connectivity index (χ1v) is 6.75. The zero-order valence-corrected chi connectivity index (χ0v) is 11.2. The van der Waals surface area contributed by atoms with Crippen molar-refractivity contribution >= 4 is 23.6 Å². The van der Waals surface area contributed by atoms with Gasteiger partial charge in [-0.05, 0) is 26.5 Å². The standard InChI is InChI=1S/C11H20N2O2S/c1-5-8-10(15)13(6-9(14)12-8)7-11(2,3)16-4/h8H,5-7H2,1-4H3,(H,12,14). The first kappa shape index (κ1) is 13.4. The van der Waals surface area contributed by atoms with Gasteiger partial charge < -0.3 is 10.2 Å². The van der Waals surface area contributed by atoms with Crippen LogP contribution in [0.2, 0.25) is 0 Å². The van der Waals surface area contributed by atoms with Gasteiger partial charge in [0.05, 0.1) is 6.54 Å². The van der Waals surface area contributed by atoms with Crippen molar-refractivity contribution in [3.05, 3.63) is 0 Å². The minimum Gasteiger partial charge on any atom is -0.343 e. The number of rotatable bonds is 4. The van der Waals surface area contributed by atoms with E-state index in [0.717, 1.165) is 0 Å². The first-order chi connectivity index (χ1) is 7.39. The Morgan fingerprint density at radius 1 is 1.50 bits per heavy atom. The Morgan fingerprint density at radius 2 is 2.12 bits per heavy atom. The highest BCUT2D eigenvalue weighted by Crippen LogP contribution is 2.23. The molecule has 0 aromatic heterocycles. The van der Waals surface area contributed by atoms with Crippen LogP contribution in [0, 0.1) is 0 Å². The average Bonchev–Trinajstić information content (AvgIpc) is 2.22. The molecule has 1 atom stereocenters. The maximum absolute atomic E-state index is 12.0. The molecule has 0 aliphatic carbocycles. The molecule has 92 valence electrons. The van der Waals surface area contributed by atoms with Gasteiger partial charge in [-0.25, -0.2) is 0 Å². The second-order valence-electron chi connectivity index (χ2n) is 4.69. The smallest absolute Gasteiger partial charge is 0.245 e. The van der Waals surface area contributed by atoms with Crippen LogP contribution in [0.5, 0.6) is 0 Å². The van der Waals surface area contributed by atoms with Crippen LogP contribution in [0.1, 0.15) is 27.2 Å². The lowest BCUT2D eigenvalue weighted by atomic mass is 10.1. The van der Waals surface area contributed by atoms with Gasteiger partial charge in [-0.15, -0.1) is 0 Å². The van der Waals surface area contributed by atoms with Crippen LogP contribution < -0.4 is 5.32 Å². The topological polar surface area (TPSA) is 49.4 Å². The third-order valence-corrected chi connectivity index (χ3v) is 4.05. The number of piperazine rings is 1. The van der Waals surface area contributed by atoms with Gasteiger partial charge in [0.25, 0.3) is 0 Å². The lowest BCUT2D eigenvalue weighted by molar-refractivity contribution is -0.144. The molecule has 1 unspecified atom stereocenters. The molecule has 4 nitrogen and oxygen atoms in total. The monoisotopic (exact) mass is 244 g/mol. The van der Waals surface area contributed by atoms with E-state index in [2.05, 4.69) is 19.2 Å². The molecule has 1 heterocycles. The highest BCUT2D eigenvalue weighted by Gasteiger charge is 2.34. The summed E-state index contributed by atoms with van der Waals surface area (Å²) >= 11 is 1.71. The Morgan fingerprint density at radius 3 is 2.62 bits per heavy atom. The van der Waals surface area contributed by atoms with Crippen molar-refractivity contribution in [3.8, 4) is 0 Å². The number of amides is 2. The Kier molecular flexibility index (Phi) is 4.24. The van der Waals surface area contributed by atoms with E-state index in [4.69, 9.17) is 0 Å². The van der Waals surface area contributed by atoms with Crippen LogP contribution >= 0.6 is 11.8 Å². The van der Waals surface area contributed by atoms with Gasteiger partial charge in [-0.1, -0.05) is 6.92 Å². The SMILES string of the molecule is CCC1NC(=O)CN(CC(C)(C)SC)C1=O. The zero-order chi connectivity index (χ0) is 12.3. The maximum Gasteiger partial charge on any atom is 0.245 e. The second-order valence-corrected chi connectivity index (χ2v) is 6.20. The van der Waals surface area contributed by atoms with Crippen LogP contribution in [-0.4, -0.2) is 46.8 Å². The molecule has 1 rings (SSSR count). The van der Waals surface area contributed by atoms with Crippen molar-refractivity contribution in [3.63, 3.8) is 0 Å². The van der Waals surface area contributed by atoms with Crippen molar-refractivity contribution in [2.24, 2.45) is 0 Å². The molecule has 1 aliphatic rings. The van der Waals surface area contributed by atoms with Gasteiger partial charge in [-0.2, -0.15) is 11.8 Å². The van der Waals surface area contributed by atoms with Gasteiger partial charge in [-0.3, -0.25) is 9.59 Å². The summed E-state index contributed by atoms with van der Waals surface area (Å²) in [6.45, 7) is 6.89. The number of thioether (sulfide) groups is 1. The molecular weight excluding hydrogens is 224 g/mol. The molecule has 5 heteroatoms. The fourth-order valence-electron chi connectivity index (χ4n) is 1.71. The molecule has 16 heavy (non-hydrogen) atoms. The highest BCUT2D eigenvalue weighted by molar-refractivity contribution is 7.99. The van der Waals surface area contributed by atoms with E-state index in [-0.39, 0.29) is 29.1 Å². The first-order valence-electron chi connectivity index (χ1n) is 5.53. The molecule has 1 aliphatic heterocycles. The molecule has 0 aromatic carbocycles. The Balaban J connectivity index is 2.71. The number of carbonyl (C=O) groups excluding carboxylic acids is 2. The van der Waals surface area contributed by atoms with Crippen molar-refractivity contribution < 1.29 is 9.59 Å². The highest BCUT2D eigenvalue weighted by atomic mass is 32.2. The van der Waals surface area contributed by atoms with Gasteiger partial charge in [0.2, 0.25) is 11.8 Å². The Labute approximate surface area is 101 Å². The summed E-state index contributed by atoms with van der Waals surface area (Å²) in [5.41, 5.74) is 0. The third kappa shape index (κ3) is 3.14. The summed E-state index contributed by atoms with van der Waals surface area (Å²) < 4.78 is -0.00836. The van der Waals surface area contributed by atoms with E-state index < -0.39 is 0 Å². The fourth-order valence-corrected chi connectivity index (χ4v) is 1.99. The van der Waals surface area contributed by atoms with Crippen molar-refractivity contribution in [1.82, 2.24) is 10.2 Å². The minimum atomic E-state index is -0.334. The molecule has 1 fully saturated rings. The van der Waals surface area contributed by atoms with Gasteiger partial charge >= 0.3 is 0 Å². The lowest BCUT2D eigenvalue weighted by Gasteiger charge is -2.36. The predicted octanol–water partition coefficient (Wildman–Crippen LogP) is 0.865. The molecule has 0 spiro atoms. The van der Waals surface area contributed by atoms with Crippen molar-refractivity contribution in [2.45, 2.75) is 38.0 Å². The van der Waals surface area contributed by atoms with E-state index in [1.165, 1.54) is 0 Å². The Hall–Kier alpha value is -0.710. The van der Waals surface area contributed by atoms with Crippen LogP contribution in [0.3, 0.4) is 0 Å². The van der Waals surface area contributed by atoms with E-state index in [0.29, 0.717) is 13.0 Å². The molecule has 0 aromatic rings. The van der Waals surface area contributed by atoms with E-state index in [1.807, 2.05) is 13.2 Å². The summed E-state index contributed by atoms with van der Waals surface area (Å²) in [6.07, 6.45) is 2.67. The summed E-state index contributed by atoms with van der Waals surface area (Å²) in [6, 6.07) is -0.334. The number of nitrogens with one attached hydrogen (secondary N) is 1. The van der Waals surface area contributed by atoms with E-state index in [9.17, 15) is 9.59 Å². The van der Waals surface area contributed by atoms with Crippen LogP contribution in [0.15, 0.2) is 0 Å². The second kappa shape index (κ2) is 5.08. The van der Waals surface area contributed by atoms with Gasteiger partial charge in [0.15, 0.2) is 0 Å². The molecule has 2 amide bonds. The zero-order valence-electron chi connectivity index (χ0n) is 10.4. The van der Waals surface area contributed by atoms with Gasteiger partial charge in [0, 0.05) is 11.3 Å². The van der Waals surface area contributed by atoms with Gasteiger partial charge in [0.1, 0.15) is 6.04 Å². The van der Waals surface area contributed by atoms with E-state index >= 15 is 0 Å². The van der Waals surface area contributed by atoms with E-state index in [1.54, 1.807) is 16.7 Å². The normalized spacial score (nSPS) is 22.2. The Bertz CT molecular complexity index is 292. The lowest BCUT2D eigenvalue weighted by Crippen LogP contribution is -2.59. The average molecular weight is 244 g/mol. The van der Waals surface area contributed by atoms with Crippen molar-refractivity contribution in [2.75, 3.05) is 19.3 Å². The maximum atomic E-state index is 12.0. The predicted molar refractivity (Wildman–Crippen MR) is 66.4 cm³/mol. The summed E-state index contributed by atoms with van der Waals surface area (Å²) in [5, 5.41) is 2.71. The molecular formula is C11H20N2O2S. The van der Waals surface area contributed by atoms with Crippen LogP contribution in [-0.2, 0) is 9.59 Å². The molecule has 0 saturated carbocycles. The van der Waals surface area contributed by atoms with Crippen LogP contribution in [0.25, 0.3) is 0 Å². The fraction of sp³-hybridized carbons (Fsp3) is 0.818. The quantitative estimate of drug-likeness (QED) is 0.798. The number of nitrogens with zero attached hydrogens (tertiary/aromatic N) is 1. The third-order valence-electron chi connectivity index (χ3n) is 2.81. The molecule has 1 N–H and O–H groups in total. The molecule has 0 radical (unpaired) electrons. The molecule has 1 saturated heterocycles. The number of carbonyl (C=O) groups is 2. The number of hydrogen-bond donors (Lipinski definition) is 1. The summed E-state index contributed by atoms with van der Waals surface area (Å²) in [5.74, 6) is -0.00687. The van der Waals surface area contributed by atoms with Crippen LogP contribution in [0.4, 0.5) is 0 Å². The molecule has 0 bridgehead atoms. The summed E-state index contributed by atoms with van der Waals surface area (Å²) in [4.78, 5) is 25.1. The van der Waals surface area contributed by atoms with Crippen molar-refractivity contribution in [1.29, 1.82) is 0 Å². The number of hydrogen-bond acceptors (Lipinski definition) is 3. The summed E-state index contributed by atoms with van der Waals surface area (Å²) in [7, 11) is 0.